The number of likely N-dealkylation sites (tertiary alicyclic amines) is 1. The molecule has 28 heavy (non-hydrogen) atoms. The molecular weight excluding hydrogens is 359 g/mol. The molecule has 0 spiro atoms. The van der Waals surface area contributed by atoms with Crippen molar-refractivity contribution >= 4 is 17.5 Å². The fraction of sp³-hybridized carbons (Fsp3) is 0.364. The van der Waals surface area contributed by atoms with Crippen LogP contribution in [0.5, 0.6) is 5.75 Å². The molecule has 0 unspecified atom stereocenters. The summed E-state index contributed by atoms with van der Waals surface area (Å²) in [4.78, 5) is 26.4. The topological polar surface area (TPSA) is 58.6 Å². The number of rotatable bonds is 4. The highest BCUT2D eigenvalue weighted by atomic mass is 19.1. The molecule has 1 fully saturated rings. The first-order valence-electron chi connectivity index (χ1n) is 9.73. The van der Waals surface area contributed by atoms with Gasteiger partial charge in [-0.2, -0.15) is 0 Å². The molecule has 2 amide bonds. The second-order valence-corrected chi connectivity index (χ2v) is 7.20. The predicted octanol–water partition coefficient (Wildman–Crippen LogP) is 4.09. The molecule has 2 heterocycles. The van der Waals surface area contributed by atoms with Crippen molar-refractivity contribution in [2.24, 2.45) is 0 Å². The van der Waals surface area contributed by atoms with E-state index in [1.807, 2.05) is 31.2 Å². The zero-order valence-electron chi connectivity index (χ0n) is 15.8. The lowest BCUT2D eigenvalue weighted by Gasteiger charge is -2.26. The van der Waals surface area contributed by atoms with Crippen LogP contribution in [-0.2, 0) is 11.2 Å². The van der Waals surface area contributed by atoms with Crippen LogP contribution < -0.4 is 10.1 Å². The first-order valence-corrected chi connectivity index (χ1v) is 9.73. The summed E-state index contributed by atoms with van der Waals surface area (Å²) in [6.45, 7) is 3.14. The third-order valence-corrected chi connectivity index (χ3v) is 5.41. The van der Waals surface area contributed by atoms with E-state index in [2.05, 4.69) is 5.32 Å². The number of benzene rings is 2. The number of nitrogens with zero attached hydrogens (tertiary/aromatic N) is 1. The van der Waals surface area contributed by atoms with Crippen molar-refractivity contribution in [2.75, 3.05) is 18.5 Å². The lowest BCUT2D eigenvalue weighted by Crippen LogP contribution is -2.31. The van der Waals surface area contributed by atoms with Crippen LogP contribution in [0.4, 0.5) is 10.1 Å². The second kappa shape index (κ2) is 7.62. The van der Waals surface area contributed by atoms with Gasteiger partial charge in [0, 0.05) is 18.7 Å². The van der Waals surface area contributed by atoms with E-state index in [9.17, 15) is 14.0 Å². The Morgan fingerprint density at radius 1 is 1.25 bits per heavy atom. The Bertz CT molecular complexity index is 911. The van der Waals surface area contributed by atoms with E-state index in [1.165, 1.54) is 6.07 Å². The fourth-order valence-electron chi connectivity index (χ4n) is 4.03. The van der Waals surface area contributed by atoms with Gasteiger partial charge in [0.15, 0.2) is 0 Å². The Morgan fingerprint density at radius 3 is 2.79 bits per heavy atom. The third kappa shape index (κ3) is 3.46. The fourth-order valence-corrected chi connectivity index (χ4v) is 4.03. The van der Waals surface area contributed by atoms with E-state index in [1.54, 1.807) is 11.0 Å². The molecule has 1 atom stereocenters. The van der Waals surface area contributed by atoms with Gasteiger partial charge >= 0.3 is 0 Å². The number of amides is 2. The number of carbonyl (C=O) groups excluding carboxylic acids is 2. The van der Waals surface area contributed by atoms with Crippen LogP contribution in [-0.4, -0.2) is 29.9 Å². The summed E-state index contributed by atoms with van der Waals surface area (Å²) in [5.41, 5.74) is 2.38. The van der Waals surface area contributed by atoms with E-state index < -0.39 is 5.82 Å². The Balaban J connectivity index is 1.59. The minimum atomic E-state index is -0.594. The van der Waals surface area contributed by atoms with E-state index in [0.717, 1.165) is 29.7 Å². The monoisotopic (exact) mass is 382 g/mol. The van der Waals surface area contributed by atoms with Crippen LogP contribution in [0.2, 0.25) is 0 Å². The quantitative estimate of drug-likeness (QED) is 0.867. The van der Waals surface area contributed by atoms with Crippen molar-refractivity contribution in [3.63, 3.8) is 0 Å². The Kier molecular flexibility index (Phi) is 5.03. The molecule has 0 radical (unpaired) electrons. The molecule has 6 heteroatoms. The van der Waals surface area contributed by atoms with Crippen molar-refractivity contribution in [2.45, 2.75) is 38.6 Å². The molecule has 2 aliphatic heterocycles. The van der Waals surface area contributed by atoms with Gasteiger partial charge in [-0.1, -0.05) is 12.1 Å². The third-order valence-electron chi connectivity index (χ3n) is 5.41. The number of hydrogen-bond acceptors (Lipinski definition) is 3. The lowest BCUT2D eigenvalue weighted by atomic mass is 9.98. The molecule has 146 valence electrons. The van der Waals surface area contributed by atoms with E-state index in [4.69, 9.17) is 4.74 Å². The Labute approximate surface area is 163 Å². The normalized spacial score (nSPS) is 18.6. The zero-order valence-corrected chi connectivity index (χ0v) is 15.8. The summed E-state index contributed by atoms with van der Waals surface area (Å²) in [6, 6.07) is 10.5. The molecular formula is C22H23FN2O3. The molecule has 2 aromatic rings. The number of fused-ring (bicyclic) bond motifs is 1. The van der Waals surface area contributed by atoms with Gasteiger partial charge in [0.25, 0.3) is 5.91 Å². The van der Waals surface area contributed by atoms with Crippen LogP contribution in [0.1, 0.15) is 53.7 Å². The average Bonchev–Trinajstić information content (AvgIpc) is 3.17. The number of aryl methyl sites for hydroxylation is 1. The molecule has 0 aromatic heterocycles. The van der Waals surface area contributed by atoms with Crippen molar-refractivity contribution in [1.29, 1.82) is 0 Å². The maximum Gasteiger partial charge on any atom is 0.257 e. The summed E-state index contributed by atoms with van der Waals surface area (Å²) in [6.07, 6.45) is 2.60. The molecule has 1 saturated heterocycles. The SMILES string of the molecule is CCOc1ccc([C@@H]2CCCN2C(=O)c2cc3c(cc2F)NC(=O)CC3)cc1. The maximum atomic E-state index is 14.7. The van der Waals surface area contributed by atoms with Gasteiger partial charge < -0.3 is 15.0 Å². The second-order valence-electron chi connectivity index (χ2n) is 7.20. The zero-order chi connectivity index (χ0) is 19.7. The smallest absolute Gasteiger partial charge is 0.257 e. The first-order chi connectivity index (χ1) is 13.6. The molecule has 0 saturated carbocycles. The van der Waals surface area contributed by atoms with Gasteiger partial charge in [-0.3, -0.25) is 9.59 Å². The number of nitrogens with one attached hydrogen (secondary N) is 1. The Morgan fingerprint density at radius 2 is 2.04 bits per heavy atom. The Hall–Kier alpha value is -2.89. The molecule has 2 aliphatic rings. The van der Waals surface area contributed by atoms with Gasteiger partial charge in [-0.05, 0) is 61.6 Å². The molecule has 1 N–H and O–H groups in total. The van der Waals surface area contributed by atoms with E-state index >= 15 is 0 Å². The molecule has 5 nitrogen and oxygen atoms in total. The van der Waals surface area contributed by atoms with Crippen LogP contribution >= 0.6 is 0 Å². The van der Waals surface area contributed by atoms with E-state index in [0.29, 0.717) is 31.7 Å². The molecule has 0 aliphatic carbocycles. The number of anilines is 1. The molecule has 2 aromatic carbocycles. The largest absolute Gasteiger partial charge is 0.494 e. The first kappa shape index (κ1) is 18.5. The molecule has 0 bridgehead atoms. The van der Waals surface area contributed by atoms with Crippen LogP contribution in [0.25, 0.3) is 0 Å². The highest BCUT2D eigenvalue weighted by Crippen LogP contribution is 2.35. The van der Waals surface area contributed by atoms with Crippen molar-refractivity contribution in [1.82, 2.24) is 4.90 Å². The van der Waals surface area contributed by atoms with Gasteiger partial charge in [-0.15, -0.1) is 0 Å². The summed E-state index contributed by atoms with van der Waals surface area (Å²) in [5.74, 6) is -0.220. The number of halogens is 1. The summed E-state index contributed by atoms with van der Waals surface area (Å²) in [5, 5.41) is 2.67. The van der Waals surface area contributed by atoms with E-state index in [-0.39, 0.29) is 23.4 Å². The summed E-state index contributed by atoms with van der Waals surface area (Å²) < 4.78 is 20.1. The summed E-state index contributed by atoms with van der Waals surface area (Å²) in [7, 11) is 0. The van der Waals surface area contributed by atoms with Gasteiger partial charge in [0.2, 0.25) is 5.91 Å². The number of hydrogen-bond donors (Lipinski definition) is 1. The minimum absolute atomic E-state index is 0.0710. The van der Waals surface area contributed by atoms with Crippen molar-refractivity contribution < 1.29 is 18.7 Å². The highest BCUT2D eigenvalue weighted by molar-refractivity contribution is 5.98. The van der Waals surface area contributed by atoms with Crippen LogP contribution in [0, 0.1) is 5.82 Å². The van der Waals surface area contributed by atoms with Crippen molar-refractivity contribution in [3.8, 4) is 5.75 Å². The number of carbonyl (C=O) groups is 2. The average molecular weight is 382 g/mol. The molecule has 4 rings (SSSR count). The van der Waals surface area contributed by atoms with Gasteiger partial charge in [0.05, 0.1) is 18.2 Å². The van der Waals surface area contributed by atoms with Crippen LogP contribution in [0.15, 0.2) is 36.4 Å². The maximum absolute atomic E-state index is 14.7. The predicted molar refractivity (Wildman–Crippen MR) is 104 cm³/mol. The van der Waals surface area contributed by atoms with Gasteiger partial charge in [0.1, 0.15) is 11.6 Å². The standard InChI is InChI=1S/C22H23FN2O3/c1-2-28-16-8-5-14(6-9-16)20-4-3-11-25(20)22(27)17-12-15-7-10-21(26)24-19(15)13-18(17)23/h5-6,8-9,12-13,20H,2-4,7,10-11H2,1H3,(H,24,26)/t20-/m0/s1. The van der Waals surface area contributed by atoms with Crippen LogP contribution in [0.3, 0.4) is 0 Å². The van der Waals surface area contributed by atoms with Crippen molar-refractivity contribution in [3.05, 3.63) is 58.9 Å². The lowest BCUT2D eigenvalue weighted by molar-refractivity contribution is -0.116. The number of ether oxygens (including phenoxy) is 1. The van der Waals surface area contributed by atoms with Gasteiger partial charge in [-0.25, -0.2) is 4.39 Å². The summed E-state index contributed by atoms with van der Waals surface area (Å²) >= 11 is 0. The highest BCUT2D eigenvalue weighted by Gasteiger charge is 2.32. The minimum Gasteiger partial charge on any atom is -0.494 e.